The maximum atomic E-state index is 10.5. The summed E-state index contributed by atoms with van der Waals surface area (Å²) in [6.45, 7) is 4.07. The molecule has 0 heterocycles. The summed E-state index contributed by atoms with van der Waals surface area (Å²) < 4.78 is 0. The highest BCUT2D eigenvalue weighted by atomic mass is 16.6. The first-order valence-corrected chi connectivity index (χ1v) is 5.74. The predicted octanol–water partition coefficient (Wildman–Crippen LogP) is 3.70. The van der Waals surface area contributed by atoms with Gasteiger partial charge in [0.1, 0.15) is 0 Å². The smallest absolute Gasteiger partial charge is 0.258 e. The number of rotatable bonds is 2. The normalized spacial score (nSPS) is 25.3. The summed E-state index contributed by atoms with van der Waals surface area (Å²) in [6, 6.07) is 7.00. The fourth-order valence-electron chi connectivity index (χ4n) is 2.36. The van der Waals surface area contributed by atoms with Crippen LogP contribution in [0.1, 0.15) is 37.2 Å². The summed E-state index contributed by atoms with van der Waals surface area (Å²) >= 11 is 0. The topological polar surface area (TPSA) is 43.1 Å². The van der Waals surface area contributed by atoms with Crippen LogP contribution in [0.3, 0.4) is 0 Å². The molecule has 0 bridgehead atoms. The number of nitrogens with zero attached hydrogens (tertiary/aromatic N) is 1. The molecule has 0 atom stereocenters. The van der Waals surface area contributed by atoms with Crippen molar-refractivity contribution >= 4 is 5.69 Å². The molecule has 16 heavy (non-hydrogen) atoms. The van der Waals surface area contributed by atoms with Crippen LogP contribution in [0.15, 0.2) is 24.3 Å². The number of nitro benzene ring substituents is 1. The van der Waals surface area contributed by atoms with Crippen LogP contribution in [0.5, 0.6) is 0 Å². The Balaban J connectivity index is 2.07. The predicted molar refractivity (Wildman–Crippen MR) is 63.2 cm³/mol. The van der Waals surface area contributed by atoms with Gasteiger partial charge in [-0.3, -0.25) is 10.1 Å². The van der Waals surface area contributed by atoms with Gasteiger partial charge >= 0.3 is 0 Å². The first-order chi connectivity index (χ1) is 7.66. The molecule has 1 aliphatic rings. The first-order valence-electron chi connectivity index (χ1n) is 5.74. The van der Waals surface area contributed by atoms with Crippen molar-refractivity contribution in [1.29, 1.82) is 0 Å². The Morgan fingerprint density at radius 2 is 1.69 bits per heavy atom. The number of hydrogen-bond donors (Lipinski definition) is 0. The summed E-state index contributed by atoms with van der Waals surface area (Å²) in [5.41, 5.74) is 1.41. The molecule has 1 aromatic carbocycles. The molecule has 1 aliphatic carbocycles. The SMILES string of the molecule is [CH2]C1CCC(c2ccc([N+](=O)[O-])cc2)CC1. The highest BCUT2D eigenvalue weighted by Gasteiger charge is 2.20. The van der Waals surface area contributed by atoms with Crippen molar-refractivity contribution < 1.29 is 4.92 Å². The van der Waals surface area contributed by atoms with E-state index in [2.05, 4.69) is 6.92 Å². The van der Waals surface area contributed by atoms with Crippen molar-refractivity contribution in [3.63, 3.8) is 0 Å². The molecule has 0 spiro atoms. The molecule has 2 rings (SSSR count). The molecular weight excluding hydrogens is 202 g/mol. The van der Waals surface area contributed by atoms with Crippen molar-refractivity contribution in [2.24, 2.45) is 5.92 Å². The van der Waals surface area contributed by atoms with E-state index < -0.39 is 0 Å². The molecular formula is C13H16NO2. The van der Waals surface area contributed by atoms with Gasteiger partial charge in [0, 0.05) is 12.1 Å². The third-order valence-corrected chi connectivity index (χ3v) is 3.42. The number of nitro groups is 1. The Kier molecular flexibility index (Phi) is 3.22. The minimum Gasteiger partial charge on any atom is -0.258 e. The molecule has 3 nitrogen and oxygen atoms in total. The summed E-state index contributed by atoms with van der Waals surface area (Å²) in [6.07, 6.45) is 4.65. The molecule has 3 heteroatoms. The fourth-order valence-corrected chi connectivity index (χ4v) is 2.36. The lowest BCUT2D eigenvalue weighted by Gasteiger charge is -2.26. The Morgan fingerprint density at radius 3 is 2.19 bits per heavy atom. The van der Waals surface area contributed by atoms with Crippen LogP contribution in [0.25, 0.3) is 0 Å². The van der Waals surface area contributed by atoms with Gasteiger partial charge in [0.05, 0.1) is 4.92 Å². The minimum absolute atomic E-state index is 0.176. The van der Waals surface area contributed by atoms with E-state index in [9.17, 15) is 10.1 Å². The average molecular weight is 218 g/mol. The van der Waals surface area contributed by atoms with Crippen molar-refractivity contribution in [3.05, 3.63) is 46.9 Å². The maximum absolute atomic E-state index is 10.5. The minimum atomic E-state index is -0.351. The van der Waals surface area contributed by atoms with E-state index in [0.717, 1.165) is 12.8 Å². The van der Waals surface area contributed by atoms with E-state index in [-0.39, 0.29) is 10.6 Å². The molecule has 85 valence electrons. The zero-order valence-corrected chi connectivity index (χ0v) is 9.26. The van der Waals surface area contributed by atoms with Gasteiger partial charge in [0.2, 0.25) is 0 Å². The van der Waals surface area contributed by atoms with E-state index in [1.165, 1.54) is 18.4 Å². The molecule has 0 N–H and O–H groups in total. The Morgan fingerprint density at radius 1 is 1.12 bits per heavy atom. The van der Waals surface area contributed by atoms with Gasteiger partial charge in [-0.25, -0.2) is 0 Å². The molecule has 1 radical (unpaired) electrons. The lowest BCUT2D eigenvalue weighted by Crippen LogP contribution is -2.10. The molecule has 1 fully saturated rings. The summed E-state index contributed by atoms with van der Waals surface area (Å²) in [4.78, 5) is 10.2. The largest absolute Gasteiger partial charge is 0.269 e. The Bertz CT molecular complexity index is 364. The summed E-state index contributed by atoms with van der Waals surface area (Å²) in [5.74, 6) is 1.16. The Hall–Kier alpha value is -1.38. The summed E-state index contributed by atoms with van der Waals surface area (Å²) in [5, 5.41) is 10.5. The van der Waals surface area contributed by atoms with E-state index in [4.69, 9.17) is 0 Å². The van der Waals surface area contributed by atoms with Crippen LogP contribution in [-0.2, 0) is 0 Å². The third kappa shape index (κ3) is 2.40. The maximum Gasteiger partial charge on any atom is 0.269 e. The average Bonchev–Trinajstić information content (AvgIpc) is 2.30. The van der Waals surface area contributed by atoms with Crippen LogP contribution in [0, 0.1) is 23.0 Å². The monoisotopic (exact) mass is 218 g/mol. The summed E-state index contributed by atoms with van der Waals surface area (Å²) in [7, 11) is 0. The van der Waals surface area contributed by atoms with E-state index in [1.54, 1.807) is 12.1 Å². The van der Waals surface area contributed by atoms with Gasteiger partial charge in [-0.2, -0.15) is 0 Å². The Labute approximate surface area is 95.6 Å². The van der Waals surface area contributed by atoms with Crippen molar-refractivity contribution in [2.45, 2.75) is 31.6 Å². The number of benzene rings is 1. The van der Waals surface area contributed by atoms with Crippen LogP contribution in [-0.4, -0.2) is 4.92 Å². The van der Waals surface area contributed by atoms with Crippen LogP contribution < -0.4 is 0 Å². The van der Waals surface area contributed by atoms with Crippen molar-refractivity contribution in [2.75, 3.05) is 0 Å². The highest BCUT2D eigenvalue weighted by molar-refractivity contribution is 5.34. The quantitative estimate of drug-likeness (QED) is 0.561. The van der Waals surface area contributed by atoms with Crippen LogP contribution >= 0.6 is 0 Å². The zero-order chi connectivity index (χ0) is 11.5. The van der Waals surface area contributed by atoms with Crippen LogP contribution in [0.2, 0.25) is 0 Å². The lowest BCUT2D eigenvalue weighted by molar-refractivity contribution is -0.384. The molecule has 0 unspecified atom stereocenters. The second kappa shape index (κ2) is 4.64. The van der Waals surface area contributed by atoms with E-state index in [1.807, 2.05) is 12.1 Å². The van der Waals surface area contributed by atoms with Gasteiger partial charge in [0.25, 0.3) is 5.69 Å². The molecule has 1 aromatic rings. The van der Waals surface area contributed by atoms with Gasteiger partial charge < -0.3 is 0 Å². The third-order valence-electron chi connectivity index (χ3n) is 3.42. The van der Waals surface area contributed by atoms with Crippen molar-refractivity contribution in [1.82, 2.24) is 0 Å². The van der Waals surface area contributed by atoms with E-state index in [0.29, 0.717) is 11.8 Å². The molecule has 0 amide bonds. The van der Waals surface area contributed by atoms with Gasteiger partial charge in [0.15, 0.2) is 0 Å². The lowest BCUT2D eigenvalue weighted by atomic mass is 9.79. The zero-order valence-electron chi connectivity index (χ0n) is 9.26. The second-order valence-corrected chi connectivity index (χ2v) is 4.57. The molecule has 0 aromatic heterocycles. The van der Waals surface area contributed by atoms with Crippen LogP contribution in [0.4, 0.5) is 5.69 Å². The van der Waals surface area contributed by atoms with Gasteiger partial charge in [-0.15, -0.1) is 0 Å². The molecule has 0 saturated heterocycles. The standard InChI is InChI=1S/C13H16NO2/c1-10-2-4-11(5-3-10)12-6-8-13(9-7-12)14(15)16/h6-11H,1-5H2. The van der Waals surface area contributed by atoms with E-state index >= 15 is 0 Å². The van der Waals surface area contributed by atoms with Crippen molar-refractivity contribution in [3.8, 4) is 0 Å². The molecule has 0 aliphatic heterocycles. The van der Waals surface area contributed by atoms with Gasteiger partial charge in [-0.1, -0.05) is 19.1 Å². The number of hydrogen-bond acceptors (Lipinski definition) is 2. The number of non-ortho nitro benzene ring substituents is 1. The second-order valence-electron chi connectivity index (χ2n) is 4.57. The molecule has 1 saturated carbocycles. The van der Waals surface area contributed by atoms with Gasteiger partial charge in [-0.05, 0) is 43.1 Å². The fraction of sp³-hybridized carbons (Fsp3) is 0.462. The first kappa shape index (κ1) is 11.1. The highest BCUT2D eigenvalue weighted by Crippen LogP contribution is 2.35.